The second-order valence-electron chi connectivity index (χ2n) is 9.07. The molecule has 1 amide bonds. The number of ether oxygens (including phenoxy) is 1. The van der Waals surface area contributed by atoms with Crippen LogP contribution < -0.4 is 10.6 Å². The topological polar surface area (TPSA) is 71.4 Å². The molecule has 1 saturated carbocycles. The number of aryl methyl sites for hydroxylation is 2. The van der Waals surface area contributed by atoms with E-state index in [1.807, 2.05) is 17.8 Å². The van der Waals surface area contributed by atoms with E-state index in [1.54, 1.807) is 0 Å². The first-order valence-electron chi connectivity index (χ1n) is 11.4. The number of nitrogens with one attached hydrogen (secondary N) is 2. The van der Waals surface area contributed by atoms with Gasteiger partial charge in [0.2, 0.25) is 5.91 Å². The average molecular weight is 426 g/mol. The van der Waals surface area contributed by atoms with Crippen LogP contribution in [0.5, 0.6) is 0 Å². The van der Waals surface area contributed by atoms with Gasteiger partial charge in [-0.25, -0.2) is 0 Å². The summed E-state index contributed by atoms with van der Waals surface area (Å²) in [5, 5.41) is 11.9. The van der Waals surface area contributed by atoms with E-state index in [1.165, 1.54) is 31.2 Å². The van der Waals surface area contributed by atoms with Crippen LogP contribution in [-0.4, -0.2) is 65.5 Å². The standard InChI is InChI=1S/C24H35N5O2/c1-4-11-31-16-18-6-8-20(9-7-18)29-14-19(15-29)26-23(30)13-25-24-21-12-17(2)5-10-22(21)28(3)27-24/h4-5,10,12,18-20H,1,6-9,11,13-16H2,2-3H3,(H,25,27)(H,26,30)/t18-,20+. The van der Waals surface area contributed by atoms with E-state index in [9.17, 15) is 4.79 Å². The third-order valence-electron chi connectivity index (χ3n) is 6.62. The lowest BCUT2D eigenvalue weighted by Crippen LogP contribution is -2.63. The third-order valence-corrected chi connectivity index (χ3v) is 6.62. The van der Waals surface area contributed by atoms with Crippen LogP contribution in [0.25, 0.3) is 10.9 Å². The molecular weight excluding hydrogens is 390 g/mol. The minimum absolute atomic E-state index is 0.0270. The van der Waals surface area contributed by atoms with Gasteiger partial charge >= 0.3 is 0 Å². The van der Waals surface area contributed by atoms with Crippen molar-refractivity contribution >= 4 is 22.6 Å². The molecule has 0 bridgehead atoms. The molecule has 2 aliphatic rings. The number of rotatable bonds is 9. The van der Waals surface area contributed by atoms with Gasteiger partial charge in [-0.3, -0.25) is 14.4 Å². The maximum absolute atomic E-state index is 12.4. The van der Waals surface area contributed by atoms with Crippen molar-refractivity contribution in [3.63, 3.8) is 0 Å². The zero-order chi connectivity index (χ0) is 21.8. The van der Waals surface area contributed by atoms with Gasteiger partial charge in [-0.15, -0.1) is 6.58 Å². The number of hydrogen-bond acceptors (Lipinski definition) is 5. The molecule has 31 heavy (non-hydrogen) atoms. The van der Waals surface area contributed by atoms with Gasteiger partial charge in [0, 0.05) is 38.2 Å². The molecule has 1 saturated heterocycles. The lowest BCUT2D eigenvalue weighted by atomic mass is 9.84. The van der Waals surface area contributed by atoms with Crippen molar-refractivity contribution in [1.82, 2.24) is 20.0 Å². The average Bonchev–Trinajstić information content (AvgIpc) is 3.04. The molecule has 2 N–H and O–H groups in total. The molecule has 7 nitrogen and oxygen atoms in total. The smallest absolute Gasteiger partial charge is 0.239 e. The monoisotopic (exact) mass is 425 g/mol. The molecule has 2 fully saturated rings. The highest BCUT2D eigenvalue weighted by molar-refractivity contribution is 5.92. The molecule has 4 rings (SSSR count). The summed E-state index contributed by atoms with van der Waals surface area (Å²) >= 11 is 0. The van der Waals surface area contributed by atoms with Gasteiger partial charge in [-0.2, -0.15) is 5.10 Å². The molecule has 7 heteroatoms. The number of fused-ring (bicyclic) bond motifs is 1. The van der Waals surface area contributed by atoms with Crippen molar-refractivity contribution in [2.75, 3.05) is 38.2 Å². The fourth-order valence-corrected chi connectivity index (χ4v) is 4.85. The molecule has 0 radical (unpaired) electrons. The third kappa shape index (κ3) is 5.28. The van der Waals surface area contributed by atoms with E-state index in [2.05, 4.69) is 52.3 Å². The number of nitrogens with zero attached hydrogens (tertiary/aromatic N) is 3. The second-order valence-corrected chi connectivity index (χ2v) is 9.07. The Morgan fingerprint density at radius 3 is 2.81 bits per heavy atom. The number of benzene rings is 1. The largest absolute Gasteiger partial charge is 0.377 e. The first-order chi connectivity index (χ1) is 15.0. The molecule has 0 atom stereocenters. The summed E-state index contributed by atoms with van der Waals surface area (Å²) in [4.78, 5) is 15.0. The van der Waals surface area contributed by atoms with E-state index >= 15 is 0 Å². The highest BCUT2D eigenvalue weighted by atomic mass is 16.5. The number of hydrogen-bond donors (Lipinski definition) is 2. The number of amides is 1. The van der Waals surface area contributed by atoms with Gasteiger partial charge in [0.25, 0.3) is 0 Å². The highest BCUT2D eigenvalue weighted by Crippen LogP contribution is 2.30. The van der Waals surface area contributed by atoms with Gasteiger partial charge in [-0.1, -0.05) is 17.7 Å². The van der Waals surface area contributed by atoms with Gasteiger partial charge in [0.15, 0.2) is 5.82 Å². The van der Waals surface area contributed by atoms with Crippen molar-refractivity contribution in [2.24, 2.45) is 13.0 Å². The molecule has 168 valence electrons. The van der Waals surface area contributed by atoms with Gasteiger partial charge < -0.3 is 15.4 Å². The van der Waals surface area contributed by atoms with Crippen LogP contribution in [0.15, 0.2) is 30.9 Å². The molecule has 2 heterocycles. The quantitative estimate of drug-likeness (QED) is 0.478. The highest BCUT2D eigenvalue weighted by Gasteiger charge is 2.35. The SMILES string of the molecule is C=CCOC[C@H]1CC[C@@H](N2CC(NC(=O)CNc3nn(C)c4ccc(C)cc34)C2)CC1. The molecule has 2 aromatic rings. The van der Waals surface area contributed by atoms with E-state index in [0.717, 1.165) is 36.4 Å². The van der Waals surface area contributed by atoms with Crippen LogP contribution in [0, 0.1) is 12.8 Å². The van der Waals surface area contributed by atoms with Crippen molar-refractivity contribution in [3.8, 4) is 0 Å². The summed E-state index contributed by atoms with van der Waals surface area (Å²) < 4.78 is 7.46. The number of aromatic nitrogens is 2. The van der Waals surface area contributed by atoms with Crippen LogP contribution in [0.2, 0.25) is 0 Å². The Morgan fingerprint density at radius 2 is 2.06 bits per heavy atom. The second kappa shape index (κ2) is 9.83. The summed E-state index contributed by atoms with van der Waals surface area (Å²) in [7, 11) is 1.92. The predicted molar refractivity (Wildman–Crippen MR) is 124 cm³/mol. The molecule has 1 aromatic carbocycles. The van der Waals surface area contributed by atoms with E-state index in [-0.39, 0.29) is 18.5 Å². The van der Waals surface area contributed by atoms with E-state index in [4.69, 9.17) is 4.74 Å². The Balaban J connectivity index is 1.17. The summed E-state index contributed by atoms with van der Waals surface area (Å²) in [5.41, 5.74) is 2.24. The van der Waals surface area contributed by atoms with Crippen LogP contribution in [-0.2, 0) is 16.6 Å². The predicted octanol–water partition coefficient (Wildman–Crippen LogP) is 2.86. The molecule has 1 aliphatic carbocycles. The zero-order valence-electron chi connectivity index (χ0n) is 18.8. The van der Waals surface area contributed by atoms with E-state index in [0.29, 0.717) is 18.6 Å². The number of carbonyl (C=O) groups is 1. The number of carbonyl (C=O) groups excluding carboxylic acids is 1. The lowest BCUT2D eigenvalue weighted by Gasteiger charge is -2.46. The summed E-state index contributed by atoms with van der Waals surface area (Å²) in [6, 6.07) is 7.16. The van der Waals surface area contributed by atoms with Crippen molar-refractivity contribution < 1.29 is 9.53 Å². The van der Waals surface area contributed by atoms with Crippen LogP contribution in [0.3, 0.4) is 0 Å². The summed E-state index contributed by atoms with van der Waals surface area (Å²) in [6.45, 7) is 9.43. The first-order valence-corrected chi connectivity index (χ1v) is 11.4. The maximum atomic E-state index is 12.4. The van der Waals surface area contributed by atoms with Crippen molar-refractivity contribution in [2.45, 2.75) is 44.7 Å². The number of likely N-dealkylation sites (tertiary alicyclic amines) is 1. The Bertz CT molecular complexity index is 910. The van der Waals surface area contributed by atoms with Crippen LogP contribution in [0.1, 0.15) is 31.2 Å². The fourth-order valence-electron chi connectivity index (χ4n) is 4.85. The fraction of sp³-hybridized carbons (Fsp3) is 0.583. The molecular formula is C24H35N5O2. The molecule has 1 aromatic heterocycles. The van der Waals surface area contributed by atoms with Crippen LogP contribution in [0.4, 0.5) is 5.82 Å². The Labute approximate surface area is 184 Å². The minimum Gasteiger partial charge on any atom is -0.377 e. The minimum atomic E-state index is 0.0270. The number of anilines is 1. The van der Waals surface area contributed by atoms with Gasteiger partial charge in [0.1, 0.15) is 0 Å². The molecule has 0 unspecified atom stereocenters. The van der Waals surface area contributed by atoms with Gasteiger partial charge in [-0.05, 0) is 50.7 Å². The first kappa shape index (κ1) is 21.8. The van der Waals surface area contributed by atoms with Crippen LogP contribution >= 0.6 is 0 Å². The molecule has 0 spiro atoms. The molecule has 1 aliphatic heterocycles. The van der Waals surface area contributed by atoms with Crippen molar-refractivity contribution in [1.29, 1.82) is 0 Å². The Hall–Kier alpha value is -2.38. The Morgan fingerprint density at radius 1 is 1.29 bits per heavy atom. The normalized spacial score (nSPS) is 22.3. The summed E-state index contributed by atoms with van der Waals surface area (Å²) in [5.74, 6) is 1.48. The van der Waals surface area contributed by atoms with E-state index < -0.39 is 0 Å². The Kier molecular flexibility index (Phi) is 6.92. The zero-order valence-corrected chi connectivity index (χ0v) is 18.8. The summed E-state index contributed by atoms with van der Waals surface area (Å²) in [6.07, 6.45) is 6.75. The van der Waals surface area contributed by atoms with Gasteiger partial charge in [0.05, 0.1) is 24.7 Å². The maximum Gasteiger partial charge on any atom is 0.239 e. The lowest BCUT2D eigenvalue weighted by molar-refractivity contribution is -0.121. The van der Waals surface area contributed by atoms with Crippen molar-refractivity contribution in [3.05, 3.63) is 36.4 Å².